The van der Waals surface area contributed by atoms with Crippen LogP contribution in [0, 0.1) is 0 Å². The Morgan fingerprint density at radius 2 is 0.812 bits per heavy atom. The van der Waals surface area contributed by atoms with Crippen molar-refractivity contribution in [2.75, 3.05) is 91.5 Å². The predicted octanol–water partition coefficient (Wildman–Crippen LogP) is 13.1. The smallest absolute Gasteiger partial charge is 0.181 e. The van der Waals surface area contributed by atoms with E-state index in [0.717, 1.165) is 77.8 Å². The minimum Gasteiger partial charge on any atom is -0.379 e. The highest BCUT2D eigenvalue weighted by atomic mass is 32.2. The Kier molecular flexibility index (Phi) is 32.7. The second kappa shape index (κ2) is 37.3. The summed E-state index contributed by atoms with van der Waals surface area (Å²) < 4.78 is 46.0. The standard InChI is InChI=1S/C50H82O10S4/c1-61-45-33-41(21-13-9-5-7-11-17-25-51-29-31-57-49-23-15-19-27-55-49)34-46(62-2)43(45)37-53-39-59-60-40-54-38-44-47(63-3)35-42(36-48(44)64-4)22-14-10-6-8-12-18-26-52-30-32-58-50-24-16-20-28-56-50/h33-36,49-50H,5-32,37-40H2,1-4H3. The van der Waals surface area contributed by atoms with E-state index in [2.05, 4.69) is 49.3 Å². The Balaban J connectivity index is 1.00. The van der Waals surface area contributed by atoms with E-state index < -0.39 is 0 Å². The molecule has 4 rings (SSSR count). The number of aryl methyl sites for hydroxylation is 2. The minimum absolute atomic E-state index is 0.0243. The van der Waals surface area contributed by atoms with Crippen molar-refractivity contribution in [3.05, 3.63) is 46.5 Å². The number of ether oxygens (including phenoxy) is 8. The molecular weight excluding hydrogens is 889 g/mol. The highest BCUT2D eigenvalue weighted by Gasteiger charge is 2.16. The Morgan fingerprint density at radius 3 is 1.17 bits per heavy atom. The van der Waals surface area contributed by atoms with Gasteiger partial charge in [-0.25, -0.2) is 9.78 Å². The Labute approximate surface area is 404 Å². The molecule has 2 aromatic rings. The van der Waals surface area contributed by atoms with Crippen molar-refractivity contribution in [2.45, 2.75) is 174 Å². The van der Waals surface area contributed by atoms with Crippen LogP contribution in [0.1, 0.15) is 138 Å². The fourth-order valence-electron chi connectivity index (χ4n) is 7.92. The SMILES string of the molecule is CSc1cc(CCCCCCCCOCCOC2CCCCO2)cc(SC)c1COCOOCOCc1c(SC)cc(CCCCCCCCOCCOC2CCCCO2)cc1SC. The van der Waals surface area contributed by atoms with Gasteiger partial charge in [0.2, 0.25) is 0 Å². The number of unbranched alkanes of at least 4 members (excludes halogenated alkanes) is 10. The summed E-state index contributed by atoms with van der Waals surface area (Å²) in [6, 6.07) is 9.34. The van der Waals surface area contributed by atoms with Gasteiger partial charge in [-0.15, -0.1) is 47.0 Å². The van der Waals surface area contributed by atoms with Gasteiger partial charge in [0.15, 0.2) is 26.2 Å². The van der Waals surface area contributed by atoms with Crippen LogP contribution in [0.4, 0.5) is 0 Å². The van der Waals surface area contributed by atoms with Crippen LogP contribution in [-0.4, -0.2) is 104 Å². The first-order valence-corrected chi connectivity index (χ1v) is 29.0. The lowest BCUT2D eigenvalue weighted by Gasteiger charge is -2.22. The van der Waals surface area contributed by atoms with Crippen LogP contribution in [0.3, 0.4) is 0 Å². The lowest BCUT2D eigenvalue weighted by atomic mass is 10.0. The van der Waals surface area contributed by atoms with Crippen LogP contribution in [0.5, 0.6) is 0 Å². The van der Waals surface area contributed by atoms with Gasteiger partial charge in [-0.05, 0) is 137 Å². The number of hydrogen-bond donors (Lipinski definition) is 0. The van der Waals surface area contributed by atoms with Gasteiger partial charge < -0.3 is 37.9 Å². The molecule has 0 aliphatic carbocycles. The fourth-order valence-corrected chi connectivity index (χ4v) is 10.8. The van der Waals surface area contributed by atoms with E-state index in [0.29, 0.717) is 39.6 Å². The van der Waals surface area contributed by atoms with Crippen LogP contribution < -0.4 is 0 Å². The fraction of sp³-hybridized carbons (Fsp3) is 0.760. The van der Waals surface area contributed by atoms with Crippen molar-refractivity contribution in [3.8, 4) is 0 Å². The average Bonchev–Trinajstić information content (AvgIpc) is 3.33. The topological polar surface area (TPSA) is 92.3 Å². The summed E-state index contributed by atoms with van der Waals surface area (Å²) in [6.07, 6.45) is 32.0. The molecule has 0 aromatic heterocycles. The Bertz CT molecular complexity index is 1300. The number of rotatable bonds is 39. The lowest BCUT2D eigenvalue weighted by molar-refractivity contribution is -0.371. The Morgan fingerprint density at radius 1 is 0.438 bits per heavy atom. The molecule has 2 aromatic carbocycles. The van der Waals surface area contributed by atoms with Gasteiger partial charge in [-0.1, -0.05) is 51.4 Å². The lowest BCUT2D eigenvalue weighted by Crippen LogP contribution is -2.24. The van der Waals surface area contributed by atoms with Gasteiger partial charge in [0.05, 0.1) is 39.6 Å². The average molecular weight is 971 g/mol. The Hall–Kier alpha value is -0.560. The highest BCUT2D eigenvalue weighted by molar-refractivity contribution is 7.99. The van der Waals surface area contributed by atoms with Gasteiger partial charge in [0, 0.05) is 57.1 Å². The molecule has 0 bridgehead atoms. The molecule has 64 heavy (non-hydrogen) atoms. The van der Waals surface area contributed by atoms with Crippen LogP contribution >= 0.6 is 47.0 Å². The van der Waals surface area contributed by atoms with E-state index >= 15 is 0 Å². The summed E-state index contributed by atoms with van der Waals surface area (Å²) in [5, 5.41) is 0. The van der Waals surface area contributed by atoms with Crippen LogP contribution in [0.15, 0.2) is 43.8 Å². The number of benzene rings is 2. The molecule has 2 fully saturated rings. The molecule has 2 heterocycles. The van der Waals surface area contributed by atoms with Crippen molar-refractivity contribution >= 4 is 47.0 Å². The molecule has 0 spiro atoms. The third-order valence-corrected chi connectivity index (χ3v) is 14.7. The van der Waals surface area contributed by atoms with Crippen LogP contribution in [-0.2, 0) is 73.7 Å². The van der Waals surface area contributed by atoms with Crippen molar-refractivity contribution in [3.63, 3.8) is 0 Å². The summed E-state index contributed by atoms with van der Waals surface area (Å²) >= 11 is 7.10. The molecule has 2 unspecified atom stereocenters. The molecule has 2 atom stereocenters. The molecule has 0 N–H and O–H groups in total. The van der Waals surface area contributed by atoms with E-state index in [9.17, 15) is 0 Å². The van der Waals surface area contributed by atoms with E-state index in [1.807, 2.05) is 0 Å². The number of hydrogen-bond acceptors (Lipinski definition) is 14. The van der Waals surface area contributed by atoms with E-state index in [1.54, 1.807) is 47.0 Å². The van der Waals surface area contributed by atoms with Gasteiger partial charge in [-0.3, -0.25) is 0 Å². The summed E-state index contributed by atoms with van der Waals surface area (Å²) in [4.78, 5) is 15.8. The summed E-state index contributed by atoms with van der Waals surface area (Å²) in [5.74, 6) is 0. The molecule has 2 aliphatic heterocycles. The normalized spacial score (nSPS) is 16.8. The first kappa shape index (κ1) is 56.0. The first-order valence-electron chi connectivity index (χ1n) is 24.1. The minimum atomic E-state index is -0.0243. The van der Waals surface area contributed by atoms with Gasteiger partial charge >= 0.3 is 0 Å². The van der Waals surface area contributed by atoms with Crippen molar-refractivity contribution in [1.82, 2.24) is 0 Å². The zero-order valence-electron chi connectivity index (χ0n) is 39.8. The second-order valence-corrected chi connectivity index (χ2v) is 19.8. The van der Waals surface area contributed by atoms with Gasteiger partial charge in [-0.2, -0.15) is 0 Å². The molecule has 366 valence electrons. The zero-order chi connectivity index (χ0) is 45.1. The third-order valence-electron chi connectivity index (χ3n) is 11.5. The second-order valence-electron chi connectivity index (χ2n) is 16.4. The van der Waals surface area contributed by atoms with Crippen LogP contribution in [0.25, 0.3) is 0 Å². The summed E-state index contributed by atoms with van der Waals surface area (Å²) in [6.45, 7) is 6.83. The van der Waals surface area contributed by atoms with Gasteiger partial charge in [0.1, 0.15) is 0 Å². The predicted molar refractivity (Wildman–Crippen MR) is 265 cm³/mol. The molecule has 10 nitrogen and oxygen atoms in total. The first-order chi connectivity index (χ1) is 31.6. The quantitative estimate of drug-likeness (QED) is 0.0209. The molecule has 0 amide bonds. The van der Waals surface area contributed by atoms with Gasteiger partial charge in [0.25, 0.3) is 0 Å². The maximum absolute atomic E-state index is 5.92. The van der Waals surface area contributed by atoms with Crippen LogP contribution in [0.2, 0.25) is 0 Å². The van der Waals surface area contributed by atoms with Crippen molar-refractivity contribution in [2.24, 2.45) is 0 Å². The monoisotopic (exact) mass is 970 g/mol. The van der Waals surface area contributed by atoms with E-state index in [-0.39, 0.29) is 26.2 Å². The molecule has 14 heteroatoms. The summed E-state index contributed by atoms with van der Waals surface area (Å²) in [5.41, 5.74) is 5.21. The maximum Gasteiger partial charge on any atom is 0.181 e. The molecular formula is C50H82O10S4. The maximum atomic E-state index is 5.92. The largest absolute Gasteiger partial charge is 0.379 e. The van der Waals surface area contributed by atoms with Crippen molar-refractivity contribution < 1.29 is 47.7 Å². The number of thioether (sulfide) groups is 4. The zero-order valence-corrected chi connectivity index (χ0v) is 43.1. The summed E-state index contributed by atoms with van der Waals surface area (Å²) in [7, 11) is 0. The molecule has 2 aliphatic rings. The van der Waals surface area contributed by atoms with E-state index in [4.69, 9.17) is 47.7 Å². The molecule has 0 saturated carbocycles. The molecule has 0 radical (unpaired) electrons. The van der Waals surface area contributed by atoms with Crippen molar-refractivity contribution in [1.29, 1.82) is 0 Å². The van der Waals surface area contributed by atoms with E-state index in [1.165, 1.54) is 119 Å². The highest BCUT2D eigenvalue weighted by Crippen LogP contribution is 2.34. The third kappa shape index (κ3) is 24.1. The molecule has 2 saturated heterocycles.